The maximum atomic E-state index is 14.4. The molecule has 0 radical (unpaired) electrons. The molecule has 1 atom stereocenters. The number of imide groups is 1. The molecule has 36 heavy (non-hydrogen) atoms. The van der Waals surface area contributed by atoms with E-state index >= 15 is 0 Å². The molecule has 6 nitrogen and oxygen atoms in total. The summed E-state index contributed by atoms with van der Waals surface area (Å²) >= 11 is 0. The van der Waals surface area contributed by atoms with E-state index in [1.807, 2.05) is 60.7 Å². The van der Waals surface area contributed by atoms with Gasteiger partial charge in [0.15, 0.2) is 0 Å². The minimum absolute atomic E-state index is 0.291. The summed E-state index contributed by atoms with van der Waals surface area (Å²) in [4.78, 5) is 41.6. The number of hydrogen-bond donors (Lipinski definition) is 1. The van der Waals surface area contributed by atoms with E-state index in [2.05, 4.69) is 5.32 Å². The first kappa shape index (κ1) is 25.0. The number of nitrogens with zero attached hydrogens (tertiary/aromatic N) is 2. The summed E-state index contributed by atoms with van der Waals surface area (Å²) in [6.07, 6.45) is 1.21. The van der Waals surface area contributed by atoms with Crippen molar-refractivity contribution in [1.82, 2.24) is 15.1 Å². The summed E-state index contributed by atoms with van der Waals surface area (Å²) < 4.78 is 28.2. The van der Waals surface area contributed by atoms with Crippen molar-refractivity contribution in [1.29, 1.82) is 0 Å². The average molecular weight is 492 g/mol. The van der Waals surface area contributed by atoms with Gasteiger partial charge in [-0.2, -0.15) is 0 Å². The Bertz CT molecular complexity index is 1210. The minimum Gasteiger partial charge on any atom is -0.340 e. The van der Waals surface area contributed by atoms with E-state index in [0.29, 0.717) is 25.9 Å². The number of halogens is 2. The molecule has 0 unspecified atom stereocenters. The van der Waals surface area contributed by atoms with Gasteiger partial charge in [0, 0.05) is 18.7 Å². The molecule has 186 valence electrons. The van der Waals surface area contributed by atoms with Gasteiger partial charge >= 0.3 is 6.03 Å². The van der Waals surface area contributed by atoms with Gasteiger partial charge in [-0.25, -0.2) is 13.6 Å². The van der Waals surface area contributed by atoms with E-state index in [1.54, 1.807) is 4.90 Å². The maximum absolute atomic E-state index is 14.4. The van der Waals surface area contributed by atoms with Gasteiger partial charge in [-0.3, -0.25) is 14.5 Å². The molecule has 4 rings (SSSR count). The van der Waals surface area contributed by atoms with E-state index in [9.17, 15) is 23.2 Å². The molecular formula is C28H27F2N3O3. The van der Waals surface area contributed by atoms with Crippen molar-refractivity contribution in [3.05, 3.63) is 107 Å². The monoisotopic (exact) mass is 491 g/mol. The molecule has 3 aromatic carbocycles. The van der Waals surface area contributed by atoms with Crippen LogP contribution in [0.4, 0.5) is 13.6 Å². The minimum atomic E-state index is -1.82. The molecule has 1 heterocycles. The van der Waals surface area contributed by atoms with Crippen LogP contribution in [0.1, 0.15) is 23.6 Å². The van der Waals surface area contributed by atoms with Crippen molar-refractivity contribution in [2.75, 3.05) is 19.6 Å². The molecule has 1 fully saturated rings. The van der Waals surface area contributed by atoms with Crippen LogP contribution >= 0.6 is 0 Å². The molecule has 4 amide bonds. The Kier molecular flexibility index (Phi) is 7.43. The number of hydrogen-bond acceptors (Lipinski definition) is 3. The van der Waals surface area contributed by atoms with Crippen molar-refractivity contribution in [2.45, 2.75) is 25.3 Å². The zero-order valence-electron chi connectivity index (χ0n) is 19.9. The molecule has 0 saturated carbocycles. The molecular weight excluding hydrogens is 464 g/mol. The Morgan fingerprint density at radius 1 is 0.889 bits per heavy atom. The number of benzene rings is 3. The number of carbonyl (C=O) groups is 3. The maximum Gasteiger partial charge on any atom is 0.325 e. The van der Waals surface area contributed by atoms with Crippen molar-refractivity contribution in [3.8, 4) is 0 Å². The van der Waals surface area contributed by atoms with Crippen molar-refractivity contribution in [2.24, 2.45) is 0 Å². The molecule has 0 bridgehead atoms. The topological polar surface area (TPSA) is 69.7 Å². The summed E-state index contributed by atoms with van der Waals surface area (Å²) in [5.74, 6) is -2.78. The van der Waals surface area contributed by atoms with Crippen LogP contribution in [0.3, 0.4) is 0 Å². The first-order chi connectivity index (χ1) is 17.3. The van der Waals surface area contributed by atoms with Gasteiger partial charge in [0.2, 0.25) is 5.91 Å². The van der Waals surface area contributed by atoms with E-state index in [-0.39, 0.29) is 5.56 Å². The van der Waals surface area contributed by atoms with Crippen LogP contribution in [0.5, 0.6) is 0 Å². The fourth-order valence-electron chi connectivity index (χ4n) is 4.32. The van der Waals surface area contributed by atoms with Crippen LogP contribution in [-0.4, -0.2) is 47.3 Å². The lowest BCUT2D eigenvalue weighted by Crippen LogP contribution is -2.45. The molecule has 1 saturated heterocycles. The quantitative estimate of drug-likeness (QED) is 0.460. The van der Waals surface area contributed by atoms with Crippen LogP contribution in [0, 0.1) is 11.6 Å². The summed E-state index contributed by atoms with van der Waals surface area (Å²) in [6.45, 7) is 1.60. The first-order valence-electron chi connectivity index (χ1n) is 11.7. The fourth-order valence-corrected chi connectivity index (χ4v) is 4.32. The lowest BCUT2D eigenvalue weighted by Gasteiger charge is -2.26. The van der Waals surface area contributed by atoms with Gasteiger partial charge in [0.05, 0.1) is 0 Å². The van der Waals surface area contributed by atoms with Crippen molar-refractivity contribution >= 4 is 17.8 Å². The first-order valence-corrected chi connectivity index (χ1v) is 11.7. The molecule has 1 aliphatic rings. The number of rotatable bonds is 9. The highest BCUT2D eigenvalue weighted by molar-refractivity contribution is 6.09. The predicted molar refractivity (Wildman–Crippen MR) is 131 cm³/mol. The van der Waals surface area contributed by atoms with Crippen LogP contribution in [0.25, 0.3) is 0 Å². The van der Waals surface area contributed by atoms with Crippen LogP contribution < -0.4 is 5.32 Å². The normalized spacial score (nSPS) is 17.2. The fraction of sp³-hybridized carbons (Fsp3) is 0.250. The largest absolute Gasteiger partial charge is 0.340 e. The Balaban J connectivity index is 1.50. The van der Waals surface area contributed by atoms with Gasteiger partial charge in [-0.05, 0) is 49.1 Å². The number of carbonyl (C=O) groups excluding carboxylic acids is 3. The molecule has 0 aliphatic carbocycles. The number of amides is 4. The molecule has 0 aromatic heterocycles. The summed E-state index contributed by atoms with van der Waals surface area (Å²) in [6, 6.07) is 21.3. The Morgan fingerprint density at radius 2 is 1.44 bits per heavy atom. The summed E-state index contributed by atoms with van der Waals surface area (Å²) in [7, 11) is 0. The predicted octanol–water partition coefficient (Wildman–Crippen LogP) is 4.05. The third kappa shape index (κ3) is 5.43. The van der Waals surface area contributed by atoms with Gasteiger partial charge < -0.3 is 10.2 Å². The second-order valence-corrected chi connectivity index (χ2v) is 8.92. The molecule has 3 aromatic rings. The lowest BCUT2D eigenvalue weighted by atomic mass is 9.91. The van der Waals surface area contributed by atoms with E-state index in [4.69, 9.17) is 0 Å². The smallest absolute Gasteiger partial charge is 0.325 e. The highest BCUT2D eigenvalue weighted by atomic mass is 19.1. The van der Waals surface area contributed by atoms with E-state index in [0.717, 1.165) is 34.2 Å². The van der Waals surface area contributed by atoms with E-state index in [1.165, 1.54) is 6.92 Å². The van der Waals surface area contributed by atoms with Crippen LogP contribution in [0.2, 0.25) is 0 Å². The third-order valence-corrected chi connectivity index (χ3v) is 6.41. The number of urea groups is 1. The zero-order valence-corrected chi connectivity index (χ0v) is 19.9. The van der Waals surface area contributed by atoms with Gasteiger partial charge in [-0.1, -0.05) is 60.7 Å². The third-order valence-electron chi connectivity index (χ3n) is 6.41. The Labute approximate surface area is 208 Å². The van der Waals surface area contributed by atoms with Crippen molar-refractivity contribution < 1.29 is 23.2 Å². The standard InChI is InChI=1S/C28H27F2N3O3/c1-28(23-18-22(29)12-13-24(23)30)26(35)33(27(36)31-28)19-25(34)32(16-14-20-8-4-2-5-9-20)17-15-21-10-6-3-7-11-21/h2-13,18H,14-17,19H2,1H3,(H,31,36)/t28-/m0/s1. The van der Waals surface area contributed by atoms with Gasteiger partial charge in [-0.15, -0.1) is 0 Å². The summed E-state index contributed by atoms with van der Waals surface area (Å²) in [5.41, 5.74) is 0.00162. The Morgan fingerprint density at radius 3 is 2.00 bits per heavy atom. The lowest BCUT2D eigenvalue weighted by molar-refractivity contribution is -0.139. The summed E-state index contributed by atoms with van der Waals surface area (Å²) in [5, 5.41) is 2.43. The van der Waals surface area contributed by atoms with Gasteiger partial charge in [0.25, 0.3) is 5.91 Å². The van der Waals surface area contributed by atoms with E-state index < -0.39 is 41.6 Å². The molecule has 8 heteroatoms. The SMILES string of the molecule is C[C@@]1(c2cc(F)ccc2F)NC(=O)N(CC(=O)N(CCc2ccccc2)CCc2ccccc2)C1=O. The second kappa shape index (κ2) is 10.7. The van der Waals surface area contributed by atoms with Crippen LogP contribution in [-0.2, 0) is 28.0 Å². The van der Waals surface area contributed by atoms with Crippen molar-refractivity contribution in [3.63, 3.8) is 0 Å². The van der Waals surface area contributed by atoms with Crippen LogP contribution in [0.15, 0.2) is 78.9 Å². The highest BCUT2D eigenvalue weighted by Gasteiger charge is 2.51. The molecule has 1 N–H and O–H groups in total. The second-order valence-electron chi connectivity index (χ2n) is 8.92. The molecule has 0 spiro atoms. The van der Waals surface area contributed by atoms with Gasteiger partial charge in [0.1, 0.15) is 23.7 Å². The Hall–Kier alpha value is -4.07. The number of nitrogens with one attached hydrogen (secondary N) is 1. The zero-order chi connectivity index (χ0) is 25.7. The molecule has 1 aliphatic heterocycles. The average Bonchev–Trinajstić information content (AvgIpc) is 3.10. The highest BCUT2D eigenvalue weighted by Crippen LogP contribution is 2.31.